The molecule has 0 aliphatic heterocycles. The van der Waals surface area contributed by atoms with Crippen LogP contribution in [-0.4, -0.2) is 45.4 Å². The number of ether oxygens (including phenoxy) is 1. The summed E-state index contributed by atoms with van der Waals surface area (Å²) in [5.74, 6) is 1.03. The fourth-order valence-corrected chi connectivity index (χ4v) is 2.55. The highest BCUT2D eigenvalue weighted by Crippen LogP contribution is 2.15. The van der Waals surface area contributed by atoms with Crippen LogP contribution in [0.4, 0.5) is 0 Å². The lowest BCUT2D eigenvalue weighted by molar-refractivity contribution is 0.283. The number of nitrogens with one attached hydrogen (secondary N) is 3. The summed E-state index contributed by atoms with van der Waals surface area (Å²) in [6.07, 6.45) is 11.6. The van der Waals surface area contributed by atoms with E-state index in [1.54, 1.807) is 7.11 Å². The highest BCUT2D eigenvalue weighted by Gasteiger charge is 2.02. The van der Waals surface area contributed by atoms with Crippen molar-refractivity contribution in [3.63, 3.8) is 0 Å². The highest BCUT2D eigenvalue weighted by atomic mass is 16.5. The van der Waals surface area contributed by atoms with Gasteiger partial charge in [-0.3, -0.25) is 0 Å². The molecule has 25 heavy (non-hydrogen) atoms. The smallest absolute Gasteiger partial charge is 0.0957 e. The van der Waals surface area contributed by atoms with Crippen molar-refractivity contribution < 1.29 is 4.74 Å². The number of hydrogen-bond acceptors (Lipinski definition) is 5. The second-order valence-corrected chi connectivity index (χ2v) is 6.33. The summed E-state index contributed by atoms with van der Waals surface area (Å²) in [5, 5.41) is 10.1. The molecule has 1 aliphatic carbocycles. The van der Waals surface area contributed by atoms with Crippen LogP contribution in [-0.2, 0) is 4.74 Å². The summed E-state index contributed by atoms with van der Waals surface area (Å²) in [6.45, 7) is 10.3. The Labute approximate surface area is 153 Å². The van der Waals surface area contributed by atoms with E-state index in [1.807, 2.05) is 7.05 Å². The SMILES string of the molecule is CCN(/C=C(/C)NC)CCCNCNC1=CCC(OC)=CCC(C)=C1. The summed E-state index contributed by atoms with van der Waals surface area (Å²) in [4.78, 5) is 2.34. The minimum absolute atomic E-state index is 0.777. The Bertz CT molecular complexity index is 506. The second kappa shape index (κ2) is 12.5. The number of rotatable bonds is 11. The van der Waals surface area contributed by atoms with Gasteiger partial charge in [-0.15, -0.1) is 0 Å². The van der Waals surface area contributed by atoms with Crippen molar-refractivity contribution >= 4 is 0 Å². The normalized spacial score (nSPS) is 15.4. The van der Waals surface area contributed by atoms with E-state index in [9.17, 15) is 0 Å². The Balaban J connectivity index is 2.28. The van der Waals surface area contributed by atoms with Crippen LogP contribution in [0.3, 0.4) is 0 Å². The number of allylic oxidation sites excluding steroid dienone is 5. The Morgan fingerprint density at radius 3 is 2.80 bits per heavy atom. The average Bonchev–Trinajstić information content (AvgIpc) is 2.60. The van der Waals surface area contributed by atoms with Crippen molar-refractivity contribution in [2.45, 2.75) is 40.0 Å². The van der Waals surface area contributed by atoms with Crippen molar-refractivity contribution in [3.05, 3.63) is 47.2 Å². The van der Waals surface area contributed by atoms with Gasteiger partial charge in [-0.25, -0.2) is 0 Å². The molecule has 0 bridgehead atoms. The molecule has 0 radical (unpaired) electrons. The van der Waals surface area contributed by atoms with Gasteiger partial charge in [-0.05, 0) is 52.3 Å². The Morgan fingerprint density at radius 2 is 2.12 bits per heavy atom. The van der Waals surface area contributed by atoms with E-state index in [1.165, 1.54) is 11.3 Å². The Kier molecular flexibility index (Phi) is 10.6. The number of methoxy groups -OCH3 is 1. The van der Waals surface area contributed by atoms with E-state index in [2.05, 4.69) is 66.0 Å². The van der Waals surface area contributed by atoms with Gasteiger partial charge in [0.1, 0.15) is 0 Å². The highest BCUT2D eigenvalue weighted by molar-refractivity contribution is 5.26. The molecule has 0 fully saturated rings. The number of nitrogens with zero attached hydrogens (tertiary/aromatic N) is 1. The first-order valence-corrected chi connectivity index (χ1v) is 9.24. The third kappa shape index (κ3) is 9.25. The van der Waals surface area contributed by atoms with Crippen LogP contribution in [0.25, 0.3) is 0 Å². The predicted molar refractivity (Wildman–Crippen MR) is 107 cm³/mol. The van der Waals surface area contributed by atoms with Crippen molar-refractivity contribution in [2.75, 3.05) is 40.5 Å². The Hall–Kier alpha value is -1.88. The summed E-state index contributed by atoms with van der Waals surface area (Å²) >= 11 is 0. The maximum atomic E-state index is 5.38. The third-order valence-electron chi connectivity index (χ3n) is 4.23. The third-order valence-corrected chi connectivity index (χ3v) is 4.23. The molecule has 0 aromatic rings. The molecule has 0 saturated heterocycles. The Morgan fingerprint density at radius 1 is 1.32 bits per heavy atom. The molecule has 0 aromatic carbocycles. The van der Waals surface area contributed by atoms with Crippen molar-refractivity contribution in [3.8, 4) is 0 Å². The topological polar surface area (TPSA) is 48.6 Å². The molecule has 142 valence electrons. The molecule has 0 aromatic heterocycles. The molecule has 0 spiro atoms. The molecule has 3 N–H and O–H groups in total. The molecular formula is C20H36N4O. The lowest BCUT2D eigenvalue weighted by atomic mass is 10.1. The minimum atomic E-state index is 0.777. The van der Waals surface area contributed by atoms with Crippen molar-refractivity contribution in [2.24, 2.45) is 0 Å². The monoisotopic (exact) mass is 348 g/mol. The van der Waals surface area contributed by atoms with Gasteiger partial charge in [-0.1, -0.05) is 11.6 Å². The first kappa shape index (κ1) is 21.2. The van der Waals surface area contributed by atoms with E-state index in [0.29, 0.717) is 0 Å². The molecule has 5 heteroatoms. The molecule has 0 amide bonds. The van der Waals surface area contributed by atoms with E-state index in [0.717, 1.165) is 57.0 Å². The maximum absolute atomic E-state index is 5.38. The van der Waals surface area contributed by atoms with Gasteiger partial charge in [0.2, 0.25) is 0 Å². The summed E-state index contributed by atoms with van der Waals surface area (Å²) < 4.78 is 5.38. The second-order valence-electron chi connectivity index (χ2n) is 6.33. The van der Waals surface area contributed by atoms with E-state index < -0.39 is 0 Å². The van der Waals surface area contributed by atoms with E-state index in [4.69, 9.17) is 4.74 Å². The molecule has 0 unspecified atom stereocenters. The summed E-state index contributed by atoms with van der Waals surface area (Å²) in [7, 11) is 3.69. The standard InChI is InChI=1S/C20H36N4O/c1-6-24(15-18(3)21-4)13-7-12-22-16-23-19-9-11-20(25-5)10-8-17(2)14-19/h9-10,14-15,21-23H,6-8,11-13,16H2,1-5H3/b17-14?,18-15-,19-9?,20-10?. The largest absolute Gasteiger partial charge is 0.501 e. The summed E-state index contributed by atoms with van der Waals surface area (Å²) in [5.41, 5.74) is 3.69. The fraction of sp³-hybridized carbons (Fsp3) is 0.600. The lowest BCUT2D eigenvalue weighted by Crippen LogP contribution is -2.31. The van der Waals surface area contributed by atoms with Crippen LogP contribution >= 0.6 is 0 Å². The van der Waals surface area contributed by atoms with Crippen LogP contribution in [0.15, 0.2) is 47.2 Å². The van der Waals surface area contributed by atoms with Gasteiger partial charge in [0.25, 0.3) is 0 Å². The van der Waals surface area contributed by atoms with Crippen molar-refractivity contribution in [1.29, 1.82) is 0 Å². The van der Waals surface area contributed by atoms with Crippen LogP contribution in [0, 0.1) is 0 Å². The maximum Gasteiger partial charge on any atom is 0.0957 e. The summed E-state index contributed by atoms with van der Waals surface area (Å²) in [6, 6.07) is 0. The van der Waals surface area contributed by atoms with Gasteiger partial charge in [0.15, 0.2) is 0 Å². The van der Waals surface area contributed by atoms with E-state index >= 15 is 0 Å². The molecule has 0 atom stereocenters. The zero-order valence-electron chi connectivity index (χ0n) is 16.6. The van der Waals surface area contributed by atoms with Crippen LogP contribution in [0.2, 0.25) is 0 Å². The van der Waals surface area contributed by atoms with Gasteiger partial charge >= 0.3 is 0 Å². The quantitative estimate of drug-likeness (QED) is 0.396. The van der Waals surface area contributed by atoms with Gasteiger partial charge < -0.3 is 25.6 Å². The molecule has 0 saturated carbocycles. The number of hydrogen-bond donors (Lipinski definition) is 3. The molecule has 1 aliphatic rings. The lowest BCUT2D eigenvalue weighted by Gasteiger charge is -2.20. The molecule has 0 heterocycles. The molecule has 1 rings (SSSR count). The zero-order valence-corrected chi connectivity index (χ0v) is 16.6. The van der Waals surface area contributed by atoms with Crippen LogP contribution in [0.5, 0.6) is 0 Å². The van der Waals surface area contributed by atoms with E-state index in [-0.39, 0.29) is 0 Å². The fourth-order valence-electron chi connectivity index (χ4n) is 2.55. The minimum Gasteiger partial charge on any atom is -0.501 e. The van der Waals surface area contributed by atoms with Gasteiger partial charge in [-0.2, -0.15) is 0 Å². The van der Waals surface area contributed by atoms with Crippen LogP contribution in [0.1, 0.15) is 40.0 Å². The first-order chi connectivity index (χ1) is 12.1. The van der Waals surface area contributed by atoms with Crippen LogP contribution < -0.4 is 16.0 Å². The average molecular weight is 349 g/mol. The zero-order chi connectivity index (χ0) is 18.5. The van der Waals surface area contributed by atoms with Gasteiger partial charge in [0, 0.05) is 44.2 Å². The van der Waals surface area contributed by atoms with Gasteiger partial charge in [0.05, 0.1) is 19.5 Å². The molecular weight excluding hydrogens is 312 g/mol. The first-order valence-electron chi connectivity index (χ1n) is 9.24. The molecule has 5 nitrogen and oxygen atoms in total. The van der Waals surface area contributed by atoms with Crippen molar-refractivity contribution in [1.82, 2.24) is 20.9 Å². The predicted octanol–water partition coefficient (Wildman–Crippen LogP) is 3.07.